The summed E-state index contributed by atoms with van der Waals surface area (Å²) >= 11 is -1.88. The third-order valence-corrected chi connectivity index (χ3v) is 4.73. The Morgan fingerprint density at radius 1 is 1.33 bits per heavy atom. The minimum Gasteiger partial charge on any atom is -0.478 e. The van der Waals surface area contributed by atoms with Crippen molar-refractivity contribution in [1.29, 1.82) is 0 Å². The van der Waals surface area contributed by atoms with E-state index in [1.54, 1.807) is 17.5 Å². The molecule has 10 heteroatoms. The summed E-state index contributed by atoms with van der Waals surface area (Å²) in [6.07, 6.45) is 0. The molecule has 0 saturated carbocycles. The zero-order chi connectivity index (χ0) is 19.8. The van der Waals surface area contributed by atoms with E-state index in [0.717, 1.165) is 5.69 Å². The van der Waals surface area contributed by atoms with E-state index in [-0.39, 0.29) is 23.3 Å². The molecule has 0 amide bonds. The third-order valence-electron chi connectivity index (χ3n) is 4.02. The summed E-state index contributed by atoms with van der Waals surface area (Å²) < 4.78 is 22.0. The van der Waals surface area contributed by atoms with Crippen molar-refractivity contribution < 1.29 is 18.3 Å². The molecule has 2 heterocycles. The molecule has 0 aliphatic rings. The van der Waals surface area contributed by atoms with Crippen LogP contribution in [0.4, 0.5) is 0 Å². The number of rotatable bonds is 6. The van der Waals surface area contributed by atoms with Gasteiger partial charge in [-0.05, 0) is 24.6 Å². The van der Waals surface area contributed by atoms with Gasteiger partial charge in [-0.2, -0.15) is 8.93 Å². The van der Waals surface area contributed by atoms with Gasteiger partial charge in [-0.1, -0.05) is 26.8 Å². The van der Waals surface area contributed by atoms with Crippen LogP contribution in [-0.4, -0.2) is 35.1 Å². The molecule has 0 fully saturated rings. The highest BCUT2D eigenvalue weighted by atomic mass is 32.2. The van der Waals surface area contributed by atoms with E-state index >= 15 is 0 Å². The first-order valence-corrected chi connectivity index (χ1v) is 9.33. The predicted octanol–water partition coefficient (Wildman–Crippen LogP) is 2.11. The lowest BCUT2D eigenvalue weighted by Gasteiger charge is -2.15. The standard InChI is InChI=1S/C17H21N5O4S/c1-10-5-6-11(16(23)24)7-12(10)26-27(25)18-9-15-20-19-14-8-13(17(2,3)4)21-22(14)15/h5-8,18,21H,9H2,1-4H3,(H,23,24). The number of carboxylic acids is 1. The molecular weight excluding hydrogens is 370 g/mol. The van der Waals surface area contributed by atoms with E-state index < -0.39 is 17.2 Å². The average molecular weight is 391 g/mol. The SMILES string of the molecule is Cc1ccc(C(=O)O)cc1OS(=O)NCc1nnc2cc(C(C)(C)C)[nH]n12. The van der Waals surface area contributed by atoms with Crippen molar-refractivity contribution in [2.24, 2.45) is 0 Å². The van der Waals surface area contributed by atoms with Crippen molar-refractivity contribution >= 4 is 22.9 Å². The van der Waals surface area contributed by atoms with Gasteiger partial charge >= 0.3 is 5.97 Å². The van der Waals surface area contributed by atoms with Crippen molar-refractivity contribution in [1.82, 2.24) is 24.5 Å². The first-order chi connectivity index (χ1) is 12.6. The van der Waals surface area contributed by atoms with Gasteiger partial charge in [-0.25, -0.2) is 9.31 Å². The second kappa shape index (κ2) is 7.12. The van der Waals surface area contributed by atoms with E-state index in [0.29, 0.717) is 17.0 Å². The van der Waals surface area contributed by atoms with Gasteiger partial charge in [0, 0.05) is 17.2 Å². The Morgan fingerprint density at radius 3 is 2.74 bits per heavy atom. The monoisotopic (exact) mass is 391 g/mol. The zero-order valence-electron chi connectivity index (χ0n) is 15.4. The van der Waals surface area contributed by atoms with E-state index in [1.807, 2.05) is 6.07 Å². The number of fused-ring (bicyclic) bond motifs is 1. The smallest absolute Gasteiger partial charge is 0.335 e. The number of nitrogens with one attached hydrogen (secondary N) is 2. The number of aryl methyl sites for hydroxylation is 1. The fraction of sp³-hybridized carbons (Fsp3) is 0.353. The molecule has 3 N–H and O–H groups in total. The number of H-pyrrole nitrogens is 1. The van der Waals surface area contributed by atoms with E-state index in [4.69, 9.17) is 9.29 Å². The van der Waals surface area contributed by atoms with E-state index in [2.05, 4.69) is 40.8 Å². The maximum absolute atomic E-state index is 12.2. The molecule has 3 rings (SSSR count). The number of benzene rings is 1. The van der Waals surface area contributed by atoms with Crippen molar-refractivity contribution in [2.75, 3.05) is 0 Å². The number of aromatic nitrogens is 4. The van der Waals surface area contributed by atoms with E-state index in [1.165, 1.54) is 12.1 Å². The topological polar surface area (TPSA) is 122 Å². The Bertz CT molecular complexity index is 1020. The van der Waals surface area contributed by atoms with Crippen LogP contribution in [-0.2, 0) is 23.2 Å². The Kier molecular flexibility index (Phi) is 5.03. The minimum atomic E-state index is -1.88. The number of aromatic amines is 1. The highest BCUT2D eigenvalue weighted by Crippen LogP contribution is 2.22. The first kappa shape index (κ1) is 19.1. The number of aromatic carboxylic acids is 1. The second-order valence-corrected chi connectivity index (χ2v) is 8.08. The second-order valence-electron chi connectivity index (χ2n) is 7.15. The summed E-state index contributed by atoms with van der Waals surface area (Å²) in [7, 11) is 0. The third kappa shape index (κ3) is 4.17. The molecular formula is C17H21N5O4S. The Labute approximate surface area is 158 Å². The lowest BCUT2D eigenvalue weighted by Crippen LogP contribution is -2.23. The van der Waals surface area contributed by atoms with Gasteiger partial charge in [0.05, 0.1) is 12.1 Å². The molecule has 0 radical (unpaired) electrons. The normalized spacial score (nSPS) is 13.0. The van der Waals surface area contributed by atoms with Crippen LogP contribution >= 0.6 is 0 Å². The number of nitrogens with zero attached hydrogens (tertiary/aromatic N) is 3. The van der Waals surface area contributed by atoms with Crippen molar-refractivity contribution in [3.8, 4) is 5.75 Å². The molecule has 0 aliphatic carbocycles. The highest BCUT2D eigenvalue weighted by Gasteiger charge is 2.19. The van der Waals surface area contributed by atoms with Crippen molar-refractivity contribution in [3.05, 3.63) is 46.9 Å². The molecule has 1 atom stereocenters. The first-order valence-electron chi connectivity index (χ1n) is 8.26. The van der Waals surface area contributed by atoms with Gasteiger partial charge in [-0.15, -0.1) is 10.2 Å². The average Bonchev–Trinajstić information content (AvgIpc) is 3.15. The summed E-state index contributed by atoms with van der Waals surface area (Å²) in [5.74, 6) is -0.290. The van der Waals surface area contributed by atoms with Gasteiger partial charge in [0.15, 0.2) is 11.5 Å². The molecule has 27 heavy (non-hydrogen) atoms. The largest absolute Gasteiger partial charge is 0.478 e. The number of carbonyl (C=O) groups is 1. The fourth-order valence-corrected chi connectivity index (χ4v) is 3.03. The summed E-state index contributed by atoms with van der Waals surface area (Å²) in [5.41, 5.74) is 2.36. The summed E-state index contributed by atoms with van der Waals surface area (Å²) in [6, 6.07) is 6.33. The lowest BCUT2D eigenvalue weighted by atomic mass is 9.93. The maximum Gasteiger partial charge on any atom is 0.335 e. The molecule has 0 spiro atoms. The van der Waals surface area contributed by atoms with Crippen LogP contribution in [0.25, 0.3) is 5.65 Å². The minimum absolute atomic E-state index is 0.0628. The van der Waals surface area contributed by atoms with Crippen LogP contribution in [0, 0.1) is 6.92 Å². The molecule has 1 unspecified atom stereocenters. The summed E-state index contributed by atoms with van der Waals surface area (Å²) in [4.78, 5) is 11.1. The lowest BCUT2D eigenvalue weighted by molar-refractivity contribution is 0.0696. The van der Waals surface area contributed by atoms with Crippen molar-refractivity contribution in [2.45, 2.75) is 39.7 Å². The van der Waals surface area contributed by atoms with Gasteiger partial charge < -0.3 is 9.29 Å². The molecule has 9 nitrogen and oxygen atoms in total. The van der Waals surface area contributed by atoms with Gasteiger partial charge in [0.2, 0.25) is 0 Å². The number of hydrogen-bond donors (Lipinski definition) is 3. The molecule has 0 aliphatic heterocycles. The zero-order valence-corrected chi connectivity index (χ0v) is 16.3. The number of carboxylic acid groups (broad SMARTS) is 1. The van der Waals surface area contributed by atoms with Gasteiger partial charge in [0.25, 0.3) is 11.3 Å². The molecule has 1 aromatic carbocycles. The van der Waals surface area contributed by atoms with Crippen LogP contribution in [0.1, 0.15) is 48.2 Å². The van der Waals surface area contributed by atoms with Crippen molar-refractivity contribution in [3.63, 3.8) is 0 Å². The van der Waals surface area contributed by atoms with Gasteiger partial charge in [-0.3, -0.25) is 5.10 Å². The quantitative estimate of drug-likeness (QED) is 0.592. The Balaban J connectivity index is 1.69. The Morgan fingerprint density at radius 2 is 2.07 bits per heavy atom. The maximum atomic E-state index is 12.2. The van der Waals surface area contributed by atoms with Gasteiger partial charge in [0.1, 0.15) is 5.75 Å². The molecule has 0 saturated heterocycles. The molecule has 3 aromatic rings. The van der Waals surface area contributed by atoms with E-state index in [9.17, 15) is 9.00 Å². The predicted molar refractivity (Wildman–Crippen MR) is 99.8 cm³/mol. The fourth-order valence-electron chi connectivity index (χ4n) is 2.38. The molecule has 2 aromatic heterocycles. The van der Waals surface area contributed by atoms with Crippen LogP contribution in [0.5, 0.6) is 5.75 Å². The Hall–Kier alpha value is -2.72. The summed E-state index contributed by atoms with van der Waals surface area (Å²) in [6.45, 7) is 8.14. The number of hydrogen-bond acceptors (Lipinski definition) is 5. The summed E-state index contributed by atoms with van der Waals surface area (Å²) in [5, 5.41) is 20.4. The van der Waals surface area contributed by atoms with Crippen LogP contribution < -0.4 is 8.91 Å². The van der Waals surface area contributed by atoms with Crippen LogP contribution in [0.3, 0.4) is 0 Å². The van der Waals surface area contributed by atoms with Crippen LogP contribution in [0.2, 0.25) is 0 Å². The molecule has 144 valence electrons. The van der Waals surface area contributed by atoms with Crippen LogP contribution in [0.15, 0.2) is 24.3 Å². The highest BCUT2D eigenvalue weighted by molar-refractivity contribution is 7.78. The molecule has 0 bridgehead atoms.